The van der Waals surface area contributed by atoms with Crippen molar-refractivity contribution in [2.45, 2.75) is 25.8 Å². The lowest BCUT2D eigenvalue weighted by Gasteiger charge is -2.14. The van der Waals surface area contributed by atoms with Gasteiger partial charge < -0.3 is 20.4 Å². The van der Waals surface area contributed by atoms with Gasteiger partial charge >= 0.3 is 0 Å². The molecule has 3 N–H and O–H groups in total. The van der Waals surface area contributed by atoms with E-state index in [0.717, 1.165) is 34.2 Å². The molecule has 3 aromatic rings. The van der Waals surface area contributed by atoms with Crippen LogP contribution in [-0.4, -0.2) is 36.4 Å². The van der Waals surface area contributed by atoms with Crippen molar-refractivity contribution in [1.82, 2.24) is 10.3 Å². The molecule has 0 saturated carbocycles. The van der Waals surface area contributed by atoms with Gasteiger partial charge in [-0.05, 0) is 61.9 Å². The van der Waals surface area contributed by atoms with Gasteiger partial charge in [-0.2, -0.15) is 0 Å². The van der Waals surface area contributed by atoms with E-state index in [2.05, 4.69) is 21.7 Å². The number of Topliss-reactive ketones (excluding diaryl/α,β-unsaturated/α-hetero) is 1. The Morgan fingerprint density at radius 3 is 2.75 bits per heavy atom. The molecule has 1 aromatic heterocycles. The number of aryl methyl sites for hydroxylation is 1. The average molecular weight is 377 g/mol. The number of carbonyl (C=O) groups excluding carboxylic acids is 2. The number of nitrogens with one attached hydrogen (secondary N) is 3. The highest BCUT2D eigenvalue weighted by molar-refractivity contribution is 6.07. The molecule has 0 saturated heterocycles. The molecule has 0 radical (unpaired) electrons. The number of rotatable bonds is 4. The molecule has 28 heavy (non-hydrogen) atoms. The molecule has 1 atom stereocenters. The lowest BCUT2D eigenvalue weighted by atomic mass is 10.0. The molecule has 1 amide bonds. The molecule has 0 bridgehead atoms. The number of H-pyrrole nitrogens is 1. The Labute approximate surface area is 163 Å². The fraction of sp³-hybridized carbons (Fsp3) is 0.273. The first-order valence-corrected chi connectivity index (χ1v) is 9.38. The summed E-state index contributed by atoms with van der Waals surface area (Å²) in [6.07, 6.45) is 0.833. The molecule has 6 heteroatoms. The van der Waals surface area contributed by atoms with Crippen molar-refractivity contribution in [2.24, 2.45) is 0 Å². The number of benzene rings is 2. The number of carbonyl (C=O) groups is 2. The van der Waals surface area contributed by atoms with Crippen LogP contribution in [0.2, 0.25) is 0 Å². The molecule has 1 aliphatic heterocycles. The Hall–Kier alpha value is -3.12. The van der Waals surface area contributed by atoms with Crippen LogP contribution >= 0.6 is 0 Å². The summed E-state index contributed by atoms with van der Waals surface area (Å²) in [4.78, 5) is 28.8. The quantitative estimate of drug-likeness (QED) is 0.652. The van der Waals surface area contributed by atoms with E-state index in [9.17, 15) is 9.59 Å². The third-order valence-corrected chi connectivity index (χ3v) is 5.15. The third-order valence-electron chi connectivity index (χ3n) is 5.15. The van der Waals surface area contributed by atoms with E-state index in [1.165, 1.54) is 0 Å². The number of anilines is 1. The summed E-state index contributed by atoms with van der Waals surface area (Å²) in [6.45, 7) is 2.70. The molecule has 0 aliphatic carbocycles. The van der Waals surface area contributed by atoms with Gasteiger partial charge in [0, 0.05) is 23.0 Å². The first-order chi connectivity index (χ1) is 13.5. The van der Waals surface area contributed by atoms with Crippen molar-refractivity contribution in [3.63, 3.8) is 0 Å². The first kappa shape index (κ1) is 18.3. The van der Waals surface area contributed by atoms with Crippen LogP contribution in [0.25, 0.3) is 10.9 Å². The highest BCUT2D eigenvalue weighted by Crippen LogP contribution is 2.27. The Morgan fingerprint density at radius 1 is 1.21 bits per heavy atom. The normalized spacial score (nSPS) is 16.5. The molecule has 144 valence electrons. The summed E-state index contributed by atoms with van der Waals surface area (Å²) >= 11 is 0. The predicted octanol–water partition coefficient (Wildman–Crippen LogP) is 3.21. The largest absolute Gasteiger partial charge is 0.497 e. The van der Waals surface area contributed by atoms with Crippen LogP contribution in [0.4, 0.5) is 5.69 Å². The average Bonchev–Trinajstić information content (AvgIpc) is 2.97. The number of hydrogen-bond acceptors (Lipinski definition) is 4. The zero-order valence-corrected chi connectivity index (χ0v) is 16.0. The maximum Gasteiger partial charge on any atom is 0.226 e. The number of ether oxygens (including phenoxy) is 1. The molecule has 1 aliphatic rings. The van der Waals surface area contributed by atoms with Crippen LogP contribution in [0.1, 0.15) is 28.0 Å². The van der Waals surface area contributed by atoms with Gasteiger partial charge in [-0.25, -0.2) is 0 Å². The molecule has 0 fully saturated rings. The van der Waals surface area contributed by atoms with Crippen molar-refractivity contribution < 1.29 is 14.3 Å². The second-order valence-electron chi connectivity index (χ2n) is 7.13. The van der Waals surface area contributed by atoms with Crippen LogP contribution in [-0.2, 0) is 11.2 Å². The Bertz CT molecular complexity index is 1040. The zero-order chi connectivity index (χ0) is 19.7. The summed E-state index contributed by atoms with van der Waals surface area (Å²) < 4.78 is 5.12. The highest BCUT2D eigenvalue weighted by Gasteiger charge is 2.29. The number of hydrogen-bond donors (Lipinski definition) is 3. The van der Waals surface area contributed by atoms with Gasteiger partial charge in [0.1, 0.15) is 5.75 Å². The minimum Gasteiger partial charge on any atom is -0.497 e. The number of ketones is 1. The maximum absolute atomic E-state index is 13.1. The number of amides is 1. The van der Waals surface area contributed by atoms with E-state index in [1.807, 2.05) is 19.1 Å². The van der Waals surface area contributed by atoms with E-state index < -0.39 is 6.04 Å². The Kier molecular flexibility index (Phi) is 4.88. The smallest absolute Gasteiger partial charge is 0.226 e. The summed E-state index contributed by atoms with van der Waals surface area (Å²) in [5, 5.41) is 7.16. The van der Waals surface area contributed by atoms with Gasteiger partial charge in [-0.1, -0.05) is 11.6 Å². The Morgan fingerprint density at radius 2 is 2.00 bits per heavy atom. The summed E-state index contributed by atoms with van der Waals surface area (Å²) in [5.74, 6) is 0.456. The second kappa shape index (κ2) is 7.48. The van der Waals surface area contributed by atoms with E-state index in [-0.39, 0.29) is 18.1 Å². The topological polar surface area (TPSA) is 83.2 Å². The minimum atomic E-state index is -0.548. The van der Waals surface area contributed by atoms with Crippen LogP contribution in [0, 0.1) is 6.92 Å². The van der Waals surface area contributed by atoms with E-state index >= 15 is 0 Å². The van der Waals surface area contributed by atoms with Crippen molar-refractivity contribution >= 4 is 28.3 Å². The van der Waals surface area contributed by atoms with Gasteiger partial charge in [0.25, 0.3) is 0 Å². The molecule has 4 rings (SSSR count). The maximum atomic E-state index is 13.1. The van der Waals surface area contributed by atoms with Gasteiger partial charge in [0.15, 0.2) is 5.78 Å². The molecule has 0 spiro atoms. The predicted molar refractivity (Wildman–Crippen MR) is 109 cm³/mol. The van der Waals surface area contributed by atoms with Crippen molar-refractivity contribution in [1.29, 1.82) is 0 Å². The summed E-state index contributed by atoms with van der Waals surface area (Å²) in [7, 11) is 1.59. The van der Waals surface area contributed by atoms with E-state index in [0.29, 0.717) is 17.9 Å². The molecule has 6 nitrogen and oxygen atoms in total. The first-order valence-electron chi connectivity index (χ1n) is 9.38. The molecular formula is C22H23N3O3. The second-order valence-corrected chi connectivity index (χ2v) is 7.13. The number of fused-ring (bicyclic) bond motifs is 3. The molecule has 0 unspecified atom stereocenters. The van der Waals surface area contributed by atoms with E-state index in [1.54, 1.807) is 31.4 Å². The summed E-state index contributed by atoms with van der Waals surface area (Å²) in [6, 6.07) is 12.7. The number of methoxy groups -OCH3 is 1. The highest BCUT2D eigenvalue weighted by atomic mass is 16.5. The fourth-order valence-corrected chi connectivity index (χ4v) is 3.71. The number of aromatic nitrogens is 1. The van der Waals surface area contributed by atoms with Crippen molar-refractivity contribution in [3.05, 3.63) is 59.3 Å². The van der Waals surface area contributed by atoms with Crippen LogP contribution in [0.3, 0.4) is 0 Å². The fourth-order valence-electron chi connectivity index (χ4n) is 3.71. The van der Waals surface area contributed by atoms with Crippen molar-refractivity contribution in [2.75, 3.05) is 19.0 Å². The molecule has 2 aromatic carbocycles. The SMILES string of the molecule is COc1ccc(NC(=O)C[C@@H]2NCCc3c([nH]c4ccc(C)cc34)C2=O)cc1. The lowest BCUT2D eigenvalue weighted by molar-refractivity contribution is -0.116. The third kappa shape index (κ3) is 3.51. The minimum absolute atomic E-state index is 0.0637. The van der Waals surface area contributed by atoms with Gasteiger partial charge in [-0.15, -0.1) is 0 Å². The van der Waals surface area contributed by atoms with Crippen LogP contribution in [0.5, 0.6) is 5.75 Å². The molecule has 2 heterocycles. The lowest BCUT2D eigenvalue weighted by Crippen LogP contribution is -2.39. The van der Waals surface area contributed by atoms with Crippen molar-refractivity contribution in [3.8, 4) is 5.75 Å². The summed E-state index contributed by atoms with van der Waals surface area (Å²) in [5.41, 5.74) is 4.46. The zero-order valence-electron chi connectivity index (χ0n) is 16.0. The monoisotopic (exact) mass is 377 g/mol. The van der Waals surface area contributed by atoms with Crippen LogP contribution in [0.15, 0.2) is 42.5 Å². The Balaban J connectivity index is 1.51. The number of aromatic amines is 1. The molecular weight excluding hydrogens is 354 g/mol. The van der Waals surface area contributed by atoms with Gasteiger partial charge in [-0.3, -0.25) is 9.59 Å². The van der Waals surface area contributed by atoms with Crippen LogP contribution < -0.4 is 15.4 Å². The van der Waals surface area contributed by atoms with Gasteiger partial charge in [0.2, 0.25) is 5.91 Å². The van der Waals surface area contributed by atoms with Gasteiger partial charge in [0.05, 0.1) is 18.8 Å². The standard InChI is InChI=1S/C22H23N3O3/c1-13-3-8-18-17(11-13)16-9-10-23-19(22(27)21(16)25-18)12-20(26)24-14-4-6-15(28-2)7-5-14/h3-8,11,19,23,25H,9-10,12H2,1-2H3,(H,24,26)/t19-/m0/s1. The van der Waals surface area contributed by atoms with E-state index in [4.69, 9.17) is 4.74 Å².